The molecule has 90 valence electrons. The van der Waals surface area contributed by atoms with E-state index in [1.807, 2.05) is 6.92 Å². The molecule has 0 spiro atoms. The lowest BCUT2D eigenvalue weighted by atomic mass is 10.3. The normalized spacial score (nSPS) is 14.9. The second-order valence-corrected chi connectivity index (χ2v) is 14.2. The van der Waals surface area contributed by atoms with Gasteiger partial charge in [-0.15, -0.1) is 0 Å². The molecule has 0 rings (SSSR count). The maximum Gasteiger partial charge on any atom is 0.308 e. The first-order chi connectivity index (χ1) is 6.64. The number of methoxy groups -OCH3 is 1. The summed E-state index contributed by atoms with van der Waals surface area (Å²) in [5, 5.41) is 0. The summed E-state index contributed by atoms with van der Waals surface area (Å²) in [7, 11) is -2.09. The Bertz CT molecular complexity index is 221. The van der Waals surface area contributed by atoms with E-state index in [1.54, 1.807) is 0 Å². The average molecular weight is 248 g/mol. The standard InChI is InChI=1S/C10H24O3Si2/c1-8-9(10(11)12-2)15(6,7)13-14(3,4)5/h9H,8H2,1-7H3. The van der Waals surface area contributed by atoms with Crippen molar-refractivity contribution in [3.63, 3.8) is 0 Å². The average Bonchev–Trinajstić information content (AvgIpc) is 1.99. The van der Waals surface area contributed by atoms with E-state index in [1.165, 1.54) is 7.11 Å². The van der Waals surface area contributed by atoms with Gasteiger partial charge in [-0.2, -0.15) is 0 Å². The predicted molar refractivity (Wildman–Crippen MR) is 68.0 cm³/mol. The Morgan fingerprint density at radius 1 is 1.20 bits per heavy atom. The molecule has 5 heteroatoms. The van der Waals surface area contributed by atoms with E-state index in [9.17, 15) is 4.79 Å². The first-order valence-electron chi connectivity index (χ1n) is 5.42. The molecule has 0 aromatic heterocycles. The summed E-state index contributed by atoms with van der Waals surface area (Å²) >= 11 is 0. The van der Waals surface area contributed by atoms with Crippen LogP contribution in [0.4, 0.5) is 0 Å². The quantitative estimate of drug-likeness (QED) is 0.554. The monoisotopic (exact) mass is 248 g/mol. The van der Waals surface area contributed by atoms with Crippen molar-refractivity contribution in [3.8, 4) is 0 Å². The summed E-state index contributed by atoms with van der Waals surface area (Å²) in [6, 6.07) is 0. The lowest BCUT2D eigenvalue weighted by molar-refractivity contribution is -0.140. The molecular formula is C10H24O3Si2. The van der Waals surface area contributed by atoms with Gasteiger partial charge in [0.05, 0.1) is 12.7 Å². The Labute approximate surface area is 95.4 Å². The molecule has 0 fully saturated rings. The van der Waals surface area contributed by atoms with Crippen molar-refractivity contribution in [2.75, 3.05) is 7.11 Å². The highest BCUT2D eigenvalue weighted by Gasteiger charge is 2.41. The fourth-order valence-corrected chi connectivity index (χ4v) is 10.5. The maximum atomic E-state index is 11.6. The number of carbonyl (C=O) groups is 1. The lowest BCUT2D eigenvalue weighted by Crippen LogP contribution is -2.48. The summed E-state index contributed by atoms with van der Waals surface area (Å²) in [4.78, 5) is 11.6. The number of carbonyl (C=O) groups excluding carboxylic acids is 1. The fraction of sp³-hybridized carbons (Fsp3) is 0.900. The van der Waals surface area contributed by atoms with Crippen molar-refractivity contribution in [1.82, 2.24) is 0 Å². The fourth-order valence-electron chi connectivity index (χ4n) is 1.94. The van der Waals surface area contributed by atoms with Gasteiger partial charge < -0.3 is 8.85 Å². The number of ether oxygens (including phenoxy) is 1. The van der Waals surface area contributed by atoms with Crippen LogP contribution in [0.2, 0.25) is 38.3 Å². The van der Waals surface area contributed by atoms with E-state index in [0.717, 1.165) is 6.42 Å². The second-order valence-electron chi connectivity index (χ2n) is 5.30. The first-order valence-corrected chi connectivity index (χ1v) is 11.8. The Morgan fingerprint density at radius 2 is 1.67 bits per heavy atom. The van der Waals surface area contributed by atoms with Gasteiger partial charge in [-0.3, -0.25) is 4.79 Å². The Kier molecular flexibility index (Phi) is 5.22. The zero-order valence-corrected chi connectivity index (χ0v) is 13.0. The minimum Gasteiger partial charge on any atom is -0.469 e. The van der Waals surface area contributed by atoms with Gasteiger partial charge >= 0.3 is 5.97 Å². The van der Waals surface area contributed by atoms with Gasteiger partial charge in [-0.1, -0.05) is 6.92 Å². The van der Waals surface area contributed by atoms with Crippen molar-refractivity contribution in [3.05, 3.63) is 0 Å². The molecule has 0 saturated carbocycles. The molecule has 0 aromatic carbocycles. The van der Waals surface area contributed by atoms with Crippen LogP contribution in [0.25, 0.3) is 0 Å². The van der Waals surface area contributed by atoms with E-state index >= 15 is 0 Å². The topological polar surface area (TPSA) is 35.5 Å². The number of hydrogen-bond acceptors (Lipinski definition) is 3. The zero-order chi connectivity index (χ0) is 12.3. The third-order valence-corrected chi connectivity index (χ3v) is 9.18. The van der Waals surface area contributed by atoms with Crippen molar-refractivity contribution >= 4 is 22.6 Å². The zero-order valence-electron chi connectivity index (χ0n) is 11.0. The molecule has 15 heavy (non-hydrogen) atoms. The molecule has 0 aliphatic heterocycles. The van der Waals surface area contributed by atoms with Gasteiger partial charge in [-0.25, -0.2) is 0 Å². The number of rotatable bonds is 5. The summed E-state index contributed by atoms with van der Waals surface area (Å²) < 4.78 is 11.0. The maximum absolute atomic E-state index is 11.6. The summed E-state index contributed by atoms with van der Waals surface area (Å²) in [6.45, 7) is 12.7. The highest BCUT2D eigenvalue weighted by atomic mass is 28.4. The van der Waals surface area contributed by atoms with Gasteiger partial charge in [0.25, 0.3) is 0 Å². The van der Waals surface area contributed by atoms with Crippen molar-refractivity contribution in [1.29, 1.82) is 0 Å². The van der Waals surface area contributed by atoms with Crippen LogP contribution in [-0.2, 0) is 13.6 Å². The largest absolute Gasteiger partial charge is 0.469 e. The number of esters is 1. The summed E-state index contributed by atoms with van der Waals surface area (Å²) in [5.74, 6) is -0.118. The van der Waals surface area contributed by atoms with Gasteiger partial charge in [0.2, 0.25) is 0 Å². The smallest absolute Gasteiger partial charge is 0.308 e. The molecule has 0 aliphatic carbocycles. The molecule has 0 aromatic rings. The van der Waals surface area contributed by atoms with E-state index in [4.69, 9.17) is 8.85 Å². The van der Waals surface area contributed by atoms with Gasteiger partial charge in [0.15, 0.2) is 16.6 Å². The van der Waals surface area contributed by atoms with Crippen molar-refractivity contribution < 1.29 is 13.6 Å². The molecule has 0 saturated heterocycles. The van der Waals surface area contributed by atoms with E-state index < -0.39 is 16.6 Å². The van der Waals surface area contributed by atoms with Crippen LogP contribution in [0.15, 0.2) is 0 Å². The van der Waals surface area contributed by atoms with Crippen molar-refractivity contribution in [2.24, 2.45) is 0 Å². The first kappa shape index (κ1) is 14.9. The van der Waals surface area contributed by atoms with Crippen molar-refractivity contribution in [2.45, 2.75) is 51.6 Å². The summed E-state index contributed by atoms with van der Waals surface area (Å²) in [5.41, 5.74) is -0.0470. The van der Waals surface area contributed by atoms with Crippen LogP contribution in [0, 0.1) is 0 Å². The Morgan fingerprint density at radius 3 is 1.93 bits per heavy atom. The Balaban J connectivity index is 4.73. The van der Waals surface area contributed by atoms with Crippen LogP contribution in [0.1, 0.15) is 13.3 Å². The van der Waals surface area contributed by atoms with E-state index in [0.29, 0.717) is 0 Å². The van der Waals surface area contributed by atoms with Crippen LogP contribution in [0.3, 0.4) is 0 Å². The predicted octanol–water partition coefficient (Wildman–Crippen LogP) is 3.00. The van der Waals surface area contributed by atoms with Crippen LogP contribution < -0.4 is 0 Å². The minimum absolute atomic E-state index is 0.0470. The van der Waals surface area contributed by atoms with E-state index in [-0.39, 0.29) is 11.5 Å². The Hall–Kier alpha value is -0.136. The molecule has 0 bridgehead atoms. The molecule has 0 amide bonds. The van der Waals surface area contributed by atoms with Gasteiger partial charge in [-0.05, 0) is 39.2 Å². The molecule has 1 unspecified atom stereocenters. The number of hydrogen-bond donors (Lipinski definition) is 0. The molecular weight excluding hydrogens is 224 g/mol. The van der Waals surface area contributed by atoms with Gasteiger partial charge in [0.1, 0.15) is 0 Å². The highest BCUT2D eigenvalue weighted by molar-refractivity contribution is 6.86. The third kappa shape index (κ3) is 4.95. The third-order valence-electron chi connectivity index (χ3n) is 2.30. The SMILES string of the molecule is CCC(C(=O)OC)[Si](C)(C)O[Si](C)(C)C. The van der Waals surface area contributed by atoms with Crippen LogP contribution >= 0.6 is 0 Å². The molecule has 3 nitrogen and oxygen atoms in total. The van der Waals surface area contributed by atoms with Crippen LogP contribution in [-0.4, -0.2) is 29.7 Å². The molecule has 0 radical (unpaired) electrons. The lowest BCUT2D eigenvalue weighted by Gasteiger charge is -2.35. The van der Waals surface area contributed by atoms with Gasteiger partial charge in [0, 0.05) is 0 Å². The molecule has 0 aliphatic rings. The molecule has 1 atom stereocenters. The second kappa shape index (κ2) is 5.27. The molecule has 0 N–H and O–H groups in total. The highest BCUT2D eigenvalue weighted by Crippen LogP contribution is 2.30. The van der Waals surface area contributed by atoms with Crippen LogP contribution in [0.5, 0.6) is 0 Å². The van der Waals surface area contributed by atoms with E-state index in [2.05, 4.69) is 32.7 Å². The summed E-state index contributed by atoms with van der Waals surface area (Å²) in [6.07, 6.45) is 0.802. The molecule has 0 heterocycles. The minimum atomic E-state index is -1.97.